The van der Waals surface area contributed by atoms with E-state index in [0.717, 1.165) is 0 Å². The minimum atomic E-state index is -0.384. The van der Waals surface area contributed by atoms with Crippen molar-refractivity contribution in [2.24, 2.45) is 11.8 Å². The average Bonchev–Trinajstić information content (AvgIpc) is 3.42. The minimum Gasteiger partial charge on any atom is -0.352 e. The number of amides is 2. The number of hydrogen-bond donors (Lipinski definition) is 2. The van der Waals surface area contributed by atoms with E-state index in [4.69, 9.17) is 5.26 Å². The number of anilines is 1. The van der Waals surface area contributed by atoms with Gasteiger partial charge in [-0.3, -0.25) is 9.59 Å². The lowest BCUT2D eigenvalue weighted by atomic mass is 10.2. The van der Waals surface area contributed by atoms with Crippen molar-refractivity contribution in [3.05, 3.63) is 65.5 Å². The Kier molecular flexibility index (Phi) is 4.75. The normalized spacial score (nSPS) is 18.1. The first-order valence-electron chi connectivity index (χ1n) is 7.90. The molecule has 1 fully saturated rings. The van der Waals surface area contributed by atoms with Crippen LogP contribution in [-0.2, 0) is 16.1 Å². The first-order chi connectivity index (χ1) is 12.1. The Morgan fingerprint density at radius 3 is 2.44 bits per heavy atom. The quantitative estimate of drug-likeness (QED) is 0.880. The fourth-order valence-corrected chi connectivity index (χ4v) is 2.59. The number of rotatable bonds is 5. The van der Waals surface area contributed by atoms with Crippen LogP contribution in [0.25, 0.3) is 0 Å². The Morgan fingerprint density at radius 2 is 1.76 bits per heavy atom. The van der Waals surface area contributed by atoms with E-state index >= 15 is 0 Å². The Hall–Kier alpha value is -3.20. The van der Waals surface area contributed by atoms with Gasteiger partial charge in [0.2, 0.25) is 11.8 Å². The zero-order valence-corrected chi connectivity index (χ0v) is 13.3. The van der Waals surface area contributed by atoms with E-state index in [1.54, 1.807) is 42.5 Å². The van der Waals surface area contributed by atoms with Crippen LogP contribution >= 0.6 is 0 Å². The van der Waals surface area contributed by atoms with Gasteiger partial charge in [0.1, 0.15) is 5.82 Å². The summed E-state index contributed by atoms with van der Waals surface area (Å²) in [7, 11) is 0. The fourth-order valence-electron chi connectivity index (χ4n) is 2.59. The summed E-state index contributed by atoms with van der Waals surface area (Å²) >= 11 is 0. The van der Waals surface area contributed by atoms with Crippen molar-refractivity contribution in [1.29, 1.82) is 5.26 Å². The maximum absolute atomic E-state index is 13.5. The summed E-state index contributed by atoms with van der Waals surface area (Å²) in [5.74, 6) is -1.60. The summed E-state index contributed by atoms with van der Waals surface area (Å²) < 4.78 is 13.5. The first-order valence-corrected chi connectivity index (χ1v) is 7.90. The highest BCUT2D eigenvalue weighted by Crippen LogP contribution is 2.39. The standard InChI is InChI=1S/C19H16FN3O2/c20-17-4-2-1-3-13(17)11-22-18(24)15-9-16(15)19(25)23-14-7-5-12(10-21)6-8-14/h1-8,15-16H,9,11H2,(H,22,24)(H,23,25). The second-order valence-electron chi connectivity index (χ2n) is 5.94. The van der Waals surface area contributed by atoms with Crippen molar-refractivity contribution in [3.8, 4) is 6.07 Å². The van der Waals surface area contributed by atoms with E-state index < -0.39 is 0 Å². The van der Waals surface area contributed by atoms with Gasteiger partial charge in [0.05, 0.1) is 23.5 Å². The van der Waals surface area contributed by atoms with Gasteiger partial charge >= 0.3 is 0 Å². The molecule has 2 unspecified atom stereocenters. The van der Waals surface area contributed by atoms with Crippen LogP contribution in [0, 0.1) is 29.0 Å². The predicted molar refractivity (Wildman–Crippen MR) is 89.6 cm³/mol. The molecule has 0 aliphatic heterocycles. The zero-order chi connectivity index (χ0) is 17.8. The van der Waals surface area contributed by atoms with E-state index in [2.05, 4.69) is 10.6 Å². The maximum atomic E-state index is 13.5. The van der Waals surface area contributed by atoms with Gasteiger partial charge in [-0.1, -0.05) is 18.2 Å². The Balaban J connectivity index is 1.49. The second kappa shape index (κ2) is 7.14. The molecule has 2 aromatic carbocycles. The van der Waals surface area contributed by atoms with Gasteiger partial charge in [0, 0.05) is 17.8 Å². The molecule has 0 saturated heterocycles. The summed E-state index contributed by atoms with van der Waals surface area (Å²) in [5.41, 5.74) is 1.51. The molecule has 5 nitrogen and oxygen atoms in total. The van der Waals surface area contributed by atoms with Crippen molar-refractivity contribution in [2.75, 3.05) is 5.32 Å². The lowest BCUT2D eigenvalue weighted by Gasteiger charge is -2.07. The predicted octanol–water partition coefficient (Wildman–Crippen LogP) is 2.59. The number of nitrogens with zero attached hydrogens (tertiary/aromatic N) is 1. The third-order valence-corrected chi connectivity index (χ3v) is 4.16. The van der Waals surface area contributed by atoms with Gasteiger partial charge in [-0.05, 0) is 36.8 Å². The summed E-state index contributed by atoms with van der Waals surface area (Å²) in [5, 5.41) is 14.2. The molecular formula is C19H16FN3O2. The van der Waals surface area contributed by atoms with E-state index in [1.807, 2.05) is 6.07 Å². The van der Waals surface area contributed by atoms with Crippen LogP contribution in [0.2, 0.25) is 0 Å². The number of carbonyl (C=O) groups is 2. The number of carbonyl (C=O) groups excluding carboxylic acids is 2. The van der Waals surface area contributed by atoms with Crippen LogP contribution in [0.15, 0.2) is 48.5 Å². The summed E-state index contributed by atoms with van der Waals surface area (Å²) in [6.07, 6.45) is 0.477. The van der Waals surface area contributed by atoms with Gasteiger partial charge < -0.3 is 10.6 Å². The molecule has 0 aromatic heterocycles. The van der Waals surface area contributed by atoms with E-state index in [-0.39, 0.29) is 36.0 Å². The molecule has 6 heteroatoms. The SMILES string of the molecule is N#Cc1ccc(NC(=O)C2CC2C(=O)NCc2ccccc2F)cc1. The van der Waals surface area contributed by atoms with Crippen molar-refractivity contribution >= 4 is 17.5 Å². The van der Waals surface area contributed by atoms with Crippen molar-refractivity contribution < 1.29 is 14.0 Å². The molecule has 3 rings (SSSR count). The third-order valence-electron chi connectivity index (χ3n) is 4.16. The average molecular weight is 337 g/mol. The van der Waals surface area contributed by atoms with Crippen molar-refractivity contribution in [1.82, 2.24) is 5.32 Å². The van der Waals surface area contributed by atoms with Crippen LogP contribution < -0.4 is 10.6 Å². The fraction of sp³-hybridized carbons (Fsp3) is 0.211. The minimum absolute atomic E-state index is 0.103. The van der Waals surface area contributed by atoms with E-state index in [1.165, 1.54) is 6.07 Å². The van der Waals surface area contributed by atoms with Gasteiger partial charge in [0.25, 0.3) is 0 Å². The van der Waals surface area contributed by atoms with Gasteiger partial charge in [-0.15, -0.1) is 0 Å². The summed E-state index contributed by atoms with van der Waals surface area (Å²) in [6, 6.07) is 14.8. The molecular weight excluding hydrogens is 321 g/mol. The molecule has 1 aliphatic rings. The van der Waals surface area contributed by atoms with E-state index in [0.29, 0.717) is 23.2 Å². The molecule has 2 aromatic rings. The summed E-state index contributed by atoms with van der Waals surface area (Å²) in [4.78, 5) is 24.2. The molecule has 1 aliphatic carbocycles. The number of nitriles is 1. The highest BCUT2D eigenvalue weighted by molar-refractivity contribution is 5.99. The van der Waals surface area contributed by atoms with Crippen molar-refractivity contribution in [2.45, 2.75) is 13.0 Å². The Bertz CT molecular complexity index is 842. The topological polar surface area (TPSA) is 82.0 Å². The van der Waals surface area contributed by atoms with Gasteiger partial charge in [0.15, 0.2) is 0 Å². The van der Waals surface area contributed by atoms with Crippen LogP contribution in [-0.4, -0.2) is 11.8 Å². The summed E-state index contributed by atoms with van der Waals surface area (Å²) in [6.45, 7) is 0.103. The van der Waals surface area contributed by atoms with E-state index in [9.17, 15) is 14.0 Å². The Labute approximate surface area is 144 Å². The van der Waals surface area contributed by atoms with Crippen LogP contribution in [0.3, 0.4) is 0 Å². The van der Waals surface area contributed by atoms with Crippen LogP contribution in [0.5, 0.6) is 0 Å². The van der Waals surface area contributed by atoms with Gasteiger partial charge in [-0.2, -0.15) is 5.26 Å². The lowest BCUT2D eigenvalue weighted by Crippen LogP contribution is -2.27. The Morgan fingerprint density at radius 1 is 1.08 bits per heavy atom. The molecule has 0 bridgehead atoms. The highest BCUT2D eigenvalue weighted by Gasteiger charge is 2.47. The number of hydrogen-bond acceptors (Lipinski definition) is 3. The molecule has 126 valence electrons. The largest absolute Gasteiger partial charge is 0.352 e. The monoisotopic (exact) mass is 337 g/mol. The molecule has 2 N–H and O–H groups in total. The maximum Gasteiger partial charge on any atom is 0.228 e. The third kappa shape index (κ3) is 4.01. The molecule has 0 radical (unpaired) electrons. The molecule has 0 spiro atoms. The molecule has 2 atom stereocenters. The number of nitrogens with one attached hydrogen (secondary N) is 2. The molecule has 2 amide bonds. The molecule has 1 saturated carbocycles. The van der Waals surface area contributed by atoms with Gasteiger partial charge in [-0.25, -0.2) is 4.39 Å². The lowest BCUT2D eigenvalue weighted by molar-refractivity contribution is -0.125. The van der Waals surface area contributed by atoms with Crippen molar-refractivity contribution in [3.63, 3.8) is 0 Å². The highest BCUT2D eigenvalue weighted by atomic mass is 19.1. The van der Waals surface area contributed by atoms with Crippen LogP contribution in [0.4, 0.5) is 10.1 Å². The zero-order valence-electron chi connectivity index (χ0n) is 13.3. The first kappa shape index (κ1) is 16.7. The number of halogens is 1. The second-order valence-corrected chi connectivity index (χ2v) is 5.94. The smallest absolute Gasteiger partial charge is 0.228 e. The number of benzene rings is 2. The molecule has 25 heavy (non-hydrogen) atoms. The molecule has 0 heterocycles. The van der Waals surface area contributed by atoms with Crippen LogP contribution in [0.1, 0.15) is 17.5 Å².